The van der Waals surface area contributed by atoms with Crippen molar-refractivity contribution in [2.75, 3.05) is 33.2 Å². The number of likely N-dealkylation sites (N-methyl/N-ethyl adjacent to an activating group) is 1. The zero-order chi connectivity index (χ0) is 22.8. The second-order valence-corrected chi connectivity index (χ2v) is 8.42. The molecule has 0 bridgehead atoms. The van der Waals surface area contributed by atoms with Gasteiger partial charge in [-0.25, -0.2) is 4.99 Å². The van der Waals surface area contributed by atoms with Gasteiger partial charge in [0.05, 0.1) is 0 Å². The van der Waals surface area contributed by atoms with Crippen molar-refractivity contribution >= 4 is 11.9 Å². The van der Waals surface area contributed by atoms with Crippen molar-refractivity contribution in [1.82, 2.24) is 25.4 Å². The number of nitrogens with zero attached hydrogens (tertiary/aromatic N) is 4. The van der Waals surface area contributed by atoms with E-state index in [-0.39, 0.29) is 12.5 Å². The molecule has 1 aromatic carbocycles. The van der Waals surface area contributed by atoms with Crippen LogP contribution >= 0.6 is 0 Å². The summed E-state index contributed by atoms with van der Waals surface area (Å²) in [7, 11) is 1.82. The van der Waals surface area contributed by atoms with Crippen LogP contribution in [0.5, 0.6) is 0 Å². The Bertz CT molecular complexity index is 857. The number of likely N-dealkylation sites (tertiary alicyclic amines) is 1. The summed E-state index contributed by atoms with van der Waals surface area (Å²) in [5, 5.41) is 6.81. The van der Waals surface area contributed by atoms with E-state index in [1.54, 1.807) is 11.1 Å². The minimum absolute atomic E-state index is 0.00336. The highest BCUT2D eigenvalue weighted by molar-refractivity contribution is 5.85. The van der Waals surface area contributed by atoms with Crippen molar-refractivity contribution in [3.8, 4) is 0 Å². The number of hydrogen-bond acceptors (Lipinski definition) is 4. The molecule has 2 aromatic rings. The minimum atomic E-state index is 0.00336. The normalized spacial score (nSPS) is 19.0. The van der Waals surface area contributed by atoms with Crippen molar-refractivity contribution in [2.45, 2.75) is 45.3 Å². The molecule has 1 fully saturated rings. The molecule has 3 rings (SSSR count). The van der Waals surface area contributed by atoms with E-state index in [1.165, 1.54) is 5.56 Å². The van der Waals surface area contributed by atoms with Crippen molar-refractivity contribution in [3.63, 3.8) is 0 Å². The van der Waals surface area contributed by atoms with Gasteiger partial charge in [0.1, 0.15) is 6.54 Å². The van der Waals surface area contributed by atoms with Crippen LogP contribution in [-0.4, -0.2) is 72.0 Å². The van der Waals surface area contributed by atoms with E-state index >= 15 is 0 Å². The number of amides is 1. The molecule has 32 heavy (non-hydrogen) atoms. The van der Waals surface area contributed by atoms with Crippen LogP contribution in [-0.2, 0) is 17.8 Å². The predicted octanol–water partition coefficient (Wildman–Crippen LogP) is 2.30. The van der Waals surface area contributed by atoms with E-state index in [2.05, 4.69) is 62.8 Å². The zero-order valence-corrected chi connectivity index (χ0v) is 19.5. The fourth-order valence-electron chi connectivity index (χ4n) is 3.98. The van der Waals surface area contributed by atoms with Gasteiger partial charge in [-0.1, -0.05) is 36.4 Å². The van der Waals surface area contributed by atoms with Gasteiger partial charge in [0.25, 0.3) is 0 Å². The number of rotatable bonds is 9. The molecule has 0 radical (unpaired) electrons. The lowest BCUT2D eigenvalue weighted by Crippen LogP contribution is -2.45. The molecule has 7 heteroatoms. The van der Waals surface area contributed by atoms with E-state index in [9.17, 15) is 4.79 Å². The second kappa shape index (κ2) is 12.2. The Morgan fingerprint density at radius 3 is 2.72 bits per heavy atom. The summed E-state index contributed by atoms with van der Waals surface area (Å²) in [5.74, 6) is 0.710. The van der Waals surface area contributed by atoms with Gasteiger partial charge in [-0.2, -0.15) is 0 Å². The number of aliphatic imine (C=N–C) groups is 1. The molecule has 1 aromatic heterocycles. The number of guanidine groups is 1. The summed E-state index contributed by atoms with van der Waals surface area (Å²) in [4.78, 5) is 25.6. The Hall–Kier alpha value is -2.93. The molecule has 1 amide bonds. The standard InChI is InChI=1S/C25H36N6O/c1-4-26-25(28-17-24(32)30(3)15-13-22-12-8-9-14-27-22)29-23-16-20(2)31(19-23)18-21-10-6-5-7-11-21/h5-12,14,20,23H,4,13,15-19H2,1-3H3,(H2,26,28,29). The zero-order valence-electron chi connectivity index (χ0n) is 19.5. The Labute approximate surface area is 191 Å². The summed E-state index contributed by atoms with van der Waals surface area (Å²) >= 11 is 0. The van der Waals surface area contributed by atoms with Crippen molar-refractivity contribution in [1.29, 1.82) is 0 Å². The van der Waals surface area contributed by atoms with Gasteiger partial charge < -0.3 is 15.5 Å². The number of carbonyl (C=O) groups is 1. The largest absolute Gasteiger partial charge is 0.357 e. The minimum Gasteiger partial charge on any atom is -0.357 e. The number of carbonyl (C=O) groups excluding carboxylic acids is 1. The van der Waals surface area contributed by atoms with Gasteiger partial charge in [0, 0.05) is 63.6 Å². The van der Waals surface area contributed by atoms with E-state index in [0.717, 1.165) is 38.2 Å². The van der Waals surface area contributed by atoms with Crippen LogP contribution in [0.3, 0.4) is 0 Å². The molecule has 0 spiro atoms. The number of pyridine rings is 1. The first-order valence-electron chi connectivity index (χ1n) is 11.5. The molecular formula is C25H36N6O. The maximum atomic E-state index is 12.6. The summed E-state index contributed by atoms with van der Waals surface area (Å²) in [6, 6.07) is 17.2. The predicted molar refractivity (Wildman–Crippen MR) is 129 cm³/mol. The summed E-state index contributed by atoms with van der Waals surface area (Å²) < 4.78 is 0. The quantitative estimate of drug-likeness (QED) is 0.466. The third-order valence-corrected chi connectivity index (χ3v) is 5.85. The Kier molecular flexibility index (Phi) is 9.04. The van der Waals surface area contributed by atoms with Crippen LogP contribution in [0.4, 0.5) is 0 Å². The maximum Gasteiger partial charge on any atom is 0.244 e. The molecule has 1 aliphatic rings. The number of aromatic nitrogens is 1. The van der Waals surface area contributed by atoms with Crippen molar-refractivity contribution in [2.24, 2.45) is 4.99 Å². The molecule has 172 valence electrons. The first kappa shape index (κ1) is 23.7. The second-order valence-electron chi connectivity index (χ2n) is 8.42. The summed E-state index contributed by atoms with van der Waals surface area (Å²) in [6.07, 6.45) is 3.57. The molecule has 0 aliphatic carbocycles. The third kappa shape index (κ3) is 7.34. The third-order valence-electron chi connectivity index (χ3n) is 5.85. The fraction of sp³-hybridized carbons (Fsp3) is 0.480. The lowest BCUT2D eigenvalue weighted by molar-refractivity contribution is -0.128. The van der Waals surface area contributed by atoms with Crippen LogP contribution < -0.4 is 10.6 Å². The monoisotopic (exact) mass is 436 g/mol. The van der Waals surface area contributed by atoms with Crippen LogP contribution in [0, 0.1) is 0 Å². The first-order valence-corrected chi connectivity index (χ1v) is 11.5. The Balaban J connectivity index is 1.49. The van der Waals surface area contributed by atoms with E-state index in [1.807, 2.05) is 32.2 Å². The molecule has 1 saturated heterocycles. The first-order chi connectivity index (χ1) is 15.5. The fourth-order valence-corrected chi connectivity index (χ4v) is 3.98. The molecule has 2 N–H and O–H groups in total. The number of hydrogen-bond donors (Lipinski definition) is 2. The van der Waals surface area contributed by atoms with Gasteiger partial charge >= 0.3 is 0 Å². The van der Waals surface area contributed by atoms with Crippen LogP contribution in [0.15, 0.2) is 59.7 Å². The molecule has 7 nitrogen and oxygen atoms in total. The van der Waals surface area contributed by atoms with Crippen LogP contribution in [0.1, 0.15) is 31.5 Å². The molecule has 2 unspecified atom stereocenters. The van der Waals surface area contributed by atoms with Crippen LogP contribution in [0.25, 0.3) is 0 Å². The van der Waals surface area contributed by atoms with Crippen molar-refractivity contribution in [3.05, 3.63) is 66.0 Å². The van der Waals surface area contributed by atoms with Gasteiger partial charge in [0.15, 0.2) is 5.96 Å². The lowest BCUT2D eigenvalue weighted by atomic mass is 10.2. The Morgan fingerprint density at radius 2 is 2.00 bits per heavy atom. The number of nitrogens with one attached hydrogen (secondary N) is 2. The summed E-state index contributed by atoms with van der Waals surface area (Å²) in [6.45, 7) is 7.73. The van der Waals surface area contributed by atoms with Crippen LogP contribution in [0.2, 0.25) is 0 Å². The topological polar surface area (TPSA) is 72.9 Å². The van der Waals surface area contributed by atoms with Gasteiger partial charge in [-0.05, 0) is 38.0 Å². The van der Waals surface area contributed by atoms with Gasteiger partial charge in [0.2, 0.25) is 5.91 Å². The SMILES string of the molecule is CCNC(=NCC(=O)N(C)CCc1ccccn1)NC1CC(C)N(Cc2ccccc2)C1. The smallest absolute Gasteiger partial charge is 0.244 e. The molecular weight excluding hydrogens is 400 g/mol. The molecule has 2 heterocycles. The number of benzene rings is 1. The lowest BCUT2D eigenvalue weighted by Gasteiger charge is -2.21. The highest BCUT2D eigenvalue weighted by atomic mass is 16.2. The van der Waals surface area contributed by atoms with Gasteiger partial charge in [-0.15, -0.1) is 0 Å². The van der Waals surface area contributed by atoms with Crippen molar-refractivity contribution < 1.29 is 4.79 Å². The molecule has 0 saturated carbocycles. The summed E-state index contributed by atoms with van der Waals surface area (Å²) in [5.41, 5.74) is 2.32. The highest BCUT2D eigenvalue weighted by Gasteiger charge is 2.29. The van der Waals surface area contributed by atoms with Gasteiger partial charge in [-0.3, -0.25) is 14.7 Å². The average molecular weight is 437 g/mol. The van der Waals surface area contributed by atoms with E-state index in [0.29, 0.717) is 24.6 Å². The van der Waals surface area contributed by atoms with E-state index < -0.39 is 0 Å². The average Bonchev–Trinajstić information content (AvgIpc) is 3.15. The molecule has 2 atom stereocenters. The Morgan fingerprint density at radius 1 is 1.22 bits per heavy atom. The highest BCUT2D eigenvalue weighted by Crippen LogP contribution is 2.20. The maximum absolute atomic E-state index is 12.6. The van der Waals surface area contributed by atoms with E-state index in [4.69, 9.17) is 0 Å². The molecule has 1 aliphatic heterocycles.